The summed E-state index contributed by atoms with van der Waals surface area (Å²) in [5.41, 5.74) is 0. The highest BCUT2D eigenvalue weighted by Gasteiger charge is 2.44. The highest BCUT2D eigenvalue weighted by molar-refractivity contribution is 5.73. The lowest BCUT2D eigenvalue weighted by Gasteiger charge is -2.37. The smallest absolute Gasteiger partial charge is 0.335 e. The van der Waals surface area contributed by atoms with Crippen LogP contribution in [0.5, 0.6) is 0 Å². The minimum Gasteiger partial charge on any atom is -0.479 e. The Bertz CT molecular complexity index is 205. The Labute approximate surface area is 74.4 Å². The van der Waals surface area contributed by atoms with Crippen molar-refractivity contribution in [3.05, 3.63) is 0 Å². The van der Waals surface area contributed by atoms with E-state index in [2.05, 4.69) is 0 Å². The van der Waals surface area contributed by atoms with Crippen LogP contribution in [-0.2, 0) is 9.53 Å². The van der Waals surface area contributed by atoms with Crippen LogP contribution in [0.3, 0.4) is 0 Å². The van der Waals surface area contributed by atoms with E-state index in [9.17, 15) is 20.1 Å². The van der Waals surface area contributed by atoms with Crippen LogP contribution in [0, 0.1) is 0 Å². The molecule has 5 atom stereocenters. The molecule has 76 valence electrons. The fourth-order valence-corrected chi connectivity index (χ4v) is 1.26. The van der Waals surface area contributed by atoms with Crippen molar-refractivity contribution in [3.63, 3.8) is 0 Å². The lowest BCUT2D eigenvalue weighted by molar-refractivity contribution is -0.223. The highest BCUT2D eigenvalue weighted by atomic mass is 16.6. The molecule has 1 fully saturated rings. The first-order chi connectivity index (χ1) is 5.95. The number of aliphatic carboxylic acids is 1. The molecule has 0 aromatic carbocycles. The number of aliphatic hydroxyl groups is 3. The third kappa shape index (κ3) is 1.80. The minimum atomic E-state index is -1.59. The predicted octanol–water partition coefficient (Wildman–Crippen LogP) is -2.06. The molecule has 0 aliphatic carbocycles. The van der Waals surface area contributed by atoms with Gasteiger partial charge in [-0.1, -0.05) is 0 Å². The van der Waals surface area contributed by atoms with Crippen molar-refractivity contribution in [2.45, 2.75) is 37.4 Å². The van der Waals surface area contributed by atoms with Gasteiger partial charge >= 0.3 is 5.97 Å². The van der Waals surface area contributed by atoms with E-state index in [-0.39, 0.29) is 0 Å². The largest absolute Gasteiger partial charge is 0.479 e. The van der Waals surface area contributed by atoms with E-state index in [1.54, 1.807) is 0 Å². The lowest BCUT2D eigenvalue weighted by Crippen LogP contribution is -2.58. The third-order valence-corrected chi connectivity index (χ3v) is 2.10. The van der Waals surface area contributed by atoms with Crippen LogP contribution < -0.4 is 0 Å². The molecule has 0 aromatic rings. The average Bonchev–Trinajstić information content (AvgIpc) is 2.07. The molecule has 1 saturated heterocycles. The van der Waals surface area contributed by atoms with Gasteiger partial charge in [0.15, 0.2) is 6.10 Å². The molecule has 0 amide bonds. The van der Waals surface area contributed by atoms with Crippen molar-refractivity contribution in [2.75, 3.05) is 0 Å². The van der Waals surface area contributed by atoms with Crippen LogP contribution in [0.1, 0.15) is 6.92 Å². The number of hydrogen-bond acceptors (Lipinski definition) is 5. The van der Waals surface area contributed by atoms with Crippen molar-refractivity contribution in [2.24, 2.45) is 0 Å². The molecule has 13 heavy (non-hydrogen) atoms. The van der Waals surface area contributed by atoms with Gasteiger partial charge in [0.25, 0.3) is 0 Å². The van der Waals surface area contributed by atoms with Crippen LogP contribution in [0.4, 0.5) is 0 Å². The van der Waals surface area contributed by atoms with E-state index in [0.717, 1.165) is 0 Å². The van der Waals surface area contributed by atoms with Crippen LogP contribution in [-0.4, -0.2) is 56.9 Å². The summed E-state index contributed by atoms with van der Waals surface area (Å²) in [5, 5.41) is 36.1. The van der Waals surface area contributed by atoms with Crippen LogP contribution in [0.15, 0.2) is 0 Å². The molecule has 1 aliphatic rings. The van der Waals surface area contributed by atoms with E-state index in [1.165, 1.54) is 6.92 Å². The van der Waals surface area contributed by atoms with E-state index in [1.807, 2.05) is 0 Å². The second-order valence-electron chi connectivity index (χ2n) is 3.07. The zero-order valence-corrected chi connectivity index (χ0v) is 6.99. The Morgan fingerprint density at radius 3 is 2.15 bits per heavy atom. The van der Waals surface area contributed by atoms with Gasteiger partial charge in [0.05, 0.1) is 6.10 Å². The molecule has 0 radical (unpaired) electrons. The first kappa shape index (κ1) is 10.4. The summed E-state index contributed by atoms with van der Waals surface area (Å²) >= 11 is 0. The lowest BCUT2D eigenvalue weighted by atomic mass is 9.96. The van der Waals surface area contributed by atoms with Gasteiger partial charge in [-0.25, -0.2) is 4.79 Å². The maximum Gasteiger partial charge on any atom is 0.335 e. The highest BCUT2D eigenvalue weighted by Crippen LogP contribution is 2.20. The molecule has 6 nitrogen and oxygen atoms in total. The maximum absolute atomic E-state index is 10.5. The Morgan fingerprint density at radius 1 is 1.15 bits per heavy atom. The second kappa shape index (κ2) is 3.59. The summed E-state index contributed by atoms with van der Waals surface area (Å²) in [6.45, 7) is 1.43. The summed E-state index contributed by atoms with van der Waals surface area (Å²) in [4.78, 5) is 10.5. The van der Waals surface area contributed by atoms with Gasteiger partial charge in [0, 0.05) is 0 Å². The standard InChI is InChI=1S/C7H12O6/c1-2-3(8)4(9)5(10)6(13-2)7(11)12/h2-6,8-10H,1H3,(H,11,12)/t2?,3?,4?,5?,6-/m1/s1. The van der Waals surface area contributed by atoms with Gasteiger partial charge in [-0.2, -0.15) is 0 Å². The first-order valence-electron chi connectivity index (χ1n) is 3.87. The quantitative estimate of drug-likeness (QED) is 0.380. The normalized spacial score (nSPS) is 46.0. The van der Waals surface area contributed by atoms with Crippen molar-refractivity contribution in [1.82, 2.24) is 0 Å². The third-order valence-electron chi connectivity index (χ3n) is 2.10. The average molecular weight is 192 g/mol. The Morgan fingerprint density at radius 2 is 1.69 bits per heavy atom. The number of rotatable bonds is 1. The van der Waals surface area contributed by atoms with Crippen molar-refractivity contribution in [1.29, 1.82) is 0 Å². The molecular weight excluding hydrogens is 180 g/mol. The summed E-state index contributed by atoms with van der Waals surface area (Å²) in [7, 11) is 0. The zero-order valence-electron chi connectivity index (χ0n) is 6.99. The molecule has 1 rings (SSSR count). The Hall–Kier alpha value is -0.690. The molecule has 6 heteroatoms. The number of carboxylic acids is 1. The summed E-state index contributed by atoms with van der Waals surface area (Å²) < 4.78 is 4.78. The van der Waals surface area contributed by atoms with Gasteiger partial charge in [-0.05, 0) is 6.92 Å². The van der Waals surface area contributed by atoms with E-state index in [4.69, 9.17) is 9.84 Å². The first-order valence-corrected chi connectivity index (χ1v) is 3.87. The molecule has 0 spiro atoms. The fraction of sp³-hybridized carbons (Fsp3) is 0.857. The molecular formula is C7H12O6. The van der Waals surface area contributed by atoms with E-state index < -0.39 is 36.5 Å². The molecule has 0 aromatic heterocycles. The number of ether oxygens (including phenoxy) is 1. The van der Waals surface area contributed by atoms with Crippen LogP contribution in [0.2, 0.25) is 0 Å². The van der Waals surface area contributed by atoms with Gasteiger partial charge < -0.3 is 25.2 Å². The number of aliphatic hydroxyl groups excluding tert-OH is 3. The molecule has 4 unspecified atom stereocenters. The Kier molecular flexibility index (Phi) is 2.87. The Balaban J connectivity index is 2.76. The second-order valence-corrected chi connectivity index (χ2v) is 3.07. The SMILES string of the molecule is CC1O[C@@H](C(=O)O)C(O)C(O)C1O. The summed E-state index contributed by atoms with van der Waals surface area (Å²) in [6, 6.07) is 0. The fourth-order valence-electron chi connectivity index (χ4n) is 1.26. The number of carbonyl (C=O) groups is 1. The van der Waals surface area contributed by atoms with Gasteiger partial charge in [-0.3, -0.25) is 0 Å². The predicted molar refractivity (Wildman–Crippen MR) is 40.0 cm³/mol. The minimum absolute atomic E-state index is 0.806. The van der Waals surface area contributed by atoms with Gasteiger partial charge in [0.1, 0.15) is 18.3 Å². The van der Waals surface area contributed by atoms with E-state index >= 15 is 0 Å². The molecule has 0 bridgehead atoms. The van der Waals surface area contributed by atoms with Gasteiger partial charge in [-0.15, -0.1) is 0 Å². The summed E-state index contributed by atoms with van der Waals surface area (Å²) in [5.74, 6) is -1.36. The topological polar surface area (TPSA) is 107 Å². The van der Waals surface area contributed by atoms with Crippen molar-refractivity contribution < 1.29 is 30.0 Å². The van der Waals surface area contributed by atoms with Crippen molar-refractivity contribution >= 4 is 5.97 Å². The monoisotopic (exact) mass is 192 g/mol. The molecule has 4 N–H and O–H groups in total. The molecule has 1 aliphatic heterocycles. The van der Waals surface area contributed by atoms with Crippen LogP contribution in [0.25, 0.3) is 0 Å². The molecule has 1 heterocycles. The summed E-state index contributed by atoms with van der Waals surface area (Å²) in [6.07, 6.45) is -6.62. The van der Waals surface area contributed by atoms with Crippen LogP contribution >= 0.6 is 0 Å². The van der Waals surface area contributed by atoms with E-state index in [0.29, 0.717) is 0 Å². The zero-order chi connectivity index (χ0) is 10.2. The van der Waals surface area contributed by atoms with Gasteiger partial charge in [0.2, 0.25) is 0 Å². The number of carboxylic acid groups (broad SMARTS) is 1. The molecule has 0 saturated carbocycles. The number of hydrogen-bond donors (Lipinski definition) is 4. The van der Waals surface area contributed by atoms with Crippen molar-refractivity contribution in [3.8, 4) is 0 Å². The maximum atomic E-state index is 10.5.